The van der Waals surface area contributed by atoms with Gasteiger partial charge in [-0.25, -0.2) is 0 Å². The van der Waals surface area contributed by atoms with E-state index in [1.165, 1.54) is 18.7 Å². The summed E-state index contributed by atoms with van der Waals surface area (Å²) >= 11 is 2.97. The summed E-state index contributed by atoms with van der Waals surface area (Å²) in [7, 11) is 0. The Hall–Kier alpha value is -2.65. The van der Waals surface area contributed by atoms with Gasteiger partial charge in [0.1, 0.15) is 0 Å². The molecule has 2 N–H and O–H groups in total. The first-order valence-electron chi connectivity index (χ1n) is 8.34. The second-order valence-corrected chi connectivity index (χ2v) is 7.51. The van der Waals surface area contributed by atoms with Crippen molar-refractivity contribution in [1.82, 2.24) is 14.8 Å². The van der Waals surface area contributed by atoms with Crippen molar-refractivity contribution in [2.24, 2.45) is 0 Å². The normalized spacial score (nSPS) is 10.6. The lowest BCUT2D eigenvalue weighted by atomic mass is 10.3. The predicted octanol–water partition coefficient (Wildman–Crippen LogP) is 3.72. The van der Waals surface area contributed by atoms with Crippen molar-refractivity contribution in [2.75, 3.05) is 16.4 Å². The largest absolute Gasteiger partial charge is 0.326 e. The van der Waals surface area contributed by atoms with Gasteiger partial charge < -0.3 is 15.2 Å². The summed E-state index contributed by atoms with van der Waals surface area (Å²) in [5, 5.41) is 16.7. The molecule has 0 saturated heterocycles. The van der Waals surface area contributed by atoms with E-state index in [1.54, 1.807) is 35.6 Å². The van der Waals surface area contributed by atoms with Crippen molar-refractivity contribution in [1.29, 1.82) is 0 Å². The van der Waals surface area contributed by atoms with Gasteiger partial charge in [-0.05, 0) is 42.6 Å². The van der Waals surface area contributed by atoms with Gasteiger partial charge in [0.15, 0.2) is 11.0 Å². The minimum absolute atomic E-state index is 0.129. The summed E-state index contributed by atoms with van der Waals surface area (Å²) in [6.07, 6.45) is 0. The highest BCUT2D eigenvalue weighted by Gasteiger charge is 2.15. The standard InChI is InChI=1S/C18H19N5O2S2/c1-3-23-17(15-5-4-10-26-15)21-22-18(23)27-11-16(25)20-14-8-6-13(7-9-14)19-12(2)24/h4-10H,3,11H2,1-2H3,(H,19,24)(H,20,25). The van der Waals surface area contributed by atoms with Crippen LogP contribution in [0.4, 0.5) is 11.4 Å². The molecule has 0 radical (unpaired) electrons. The molecule has 0 spiro atoms. The van der Waals surface area contributed by atoms with E-state index in [-0.39, 0.29) is 17.6 Å². The van der Waals surface area contributed by atoms with E-state index in [2.05, 4.69) is 20.8 Å². The third-order valence-electron chi connectivity index (χ3n) is 3.60. The first-order chi connectivity index (χ1) is 13.1. The molecule has 0 saturated carbocycles. The SMILES string of the molecule is CCn1c(SCC(=O)Nc2ccc(NC(C)=O)cc2)nnc1-c1cccs1. The number of benzene rings is 1. The van der Waals surface area contributed by atoms with Gasteiger partial charge in [0.25, 0.3) is 0 Å². The minimum atomic E-state index is -0.134. The number of hydrogen-bond donors (Lipinski definition) is 2. The van der Waals surface area contributed by atoms with Crippen LogP contribution in [0.2, 0.25) is 0 Å². The van der Waals surface area contributed by atoms with E-state index < -0.39 is 0 Å². The number of nitrogens with zero attached hydrogens (tertiary/aromatic N) is 3. The molecule has 27 heavy (non-hydrogen) atoms. The van der Waals surface area contributed by atoms with Crippen molar-refractivity contribution >= 4 is 46.3 Å². The molecule has 1 aromatic carbocycles. The lowest BCUT2D eigenvalue weighted by Gasteiger charge is -2.08. The molecular weight excluding hydrogens is 382 g/mol. The lowest BCUT2D eigenvalue weighted by Crippen LogP contribution is -2.14. The van der Waals surface area contributed by atoms with Crippen LogP contribution in [0.1, 0.15) is 13.8 Å². The summed E-state index contributed by atoms with van der Waals surface area (Å²) in [4.78, 5) is 24.3. The van der Waals surface area contributed by atoms with Crippen LogP contribution in [0.25, 0.3) is 10.7 Å². The van der Waals surface area contributed by atoms with Crippen LogP contribution >= 0.6 is 23.1 Å². The Balaban J connectivity index is 1.59. The van der Waals surface area contributed by atoms with Crippen LogP contribution in [-0.4, -0.2) is 32.3 Å². The van der Waals surface area contributed by atoms with Gasteiger partial charge in [-0.15, -0.1) is 21.5 Å². The Morgan fingerprint density at radius 2 is 1.81 bits per heavy atom. The maximum Gasteiger partial charge on any atom is 0.234 e. The van der Waals surface area contributed by atoms with Crippen molar-refractivity contribution in [3.8, 4) is 10.7 Å². The van der Waals surface area contributed by atoms with E-state index in [4.69, 9.17) is 0 Å². The highest BCUT2D eigenvalue weighted by molar-refractivity contribution is 7.99. The maximum atomic E-state index is 12.2. The van der Waals surface area contributed by atoms with Crippen LogP contribution in [0.5, 0.6) is 0 Å². The molecule has 0 bridgehead atoms. The molecule has 0 aliphatic carbocycles. The third-order valence-corrected chi connectivity index (χ3v) is 5.43. The summed E-state index contributed by atoms with van der Waals surface area (Å²) in [5.74, 6) is 0.792. The Bertz CT molecular complexity index is 920. The highest BCUT2D eigenvalue weighted by Crippen LogP contribution is 2.27. The molecule has 0 aliphatic rings. The molecule has 0 fully saturated rings. The fourth-order valence-electron chi connectivity index (χ4n) is 2.44. The summed E-state index contributed by atoms with van der Waals surface area (Å²) in [5.41, 5.74) is 1.36. The predicted molar refractivity (Wildman–Crippen MR) is 109 cm³/mol. The molecule has 2 heterocycles. The smallest absolute Gasteiger partial charge is 0.234 e. The topological polar surface area (TPSA) is 88.9 Å². The summed E-state index contributed by atoms with van der Waals surface area (Å²) in [6, 6.07) is 11.0. The average molecular weight is 402 g/mol. The number of anilines is 2. The fourth-order valence-corrected chi connectivity index (χ4v) is 3.96. The van der Waals surface area contributed by atoms with Crippen LogP contribution in [-0.2, 0) is 16.1 Å². The van der Waals surface area contributed by atoms with Gasteiger partial charge >= 0.3 is 0 Å². The van der Waals surface area contributed by atoms with Gasteiger partial charge in [-0.3, -0.25) is 9.59 Å². The number of thiophene rings is 1. The average Bonchev–Trinajstić information content (AvgIpc) is 3.30. The number of amides is 2. The van der Waals surface area contributed by atoms with Gasteiger partial charge in [0, 0.05) is 24.8 Å². The second-order valence-electron chi connectivity index (χ2n) is 5.62. The number of hydrogen-bond acceptors (Lipinski definition) is 6. The third kappa shape index (κ3) is 4.95. The van der Waals surface area contributed by atoms with Gasteiger partial charge in [-0.2, -0.15) is 0 Å². The van der Waals surface area contributed by atoms with Gasteiger partial charge in [0.2, 0.25) is 11.8 Å². The molecule has 3 aromatic rings. The van der Waals surface area contributed by atoms with E-state index in [0.29, 0.717) is 11.4 Å². The molecule has 0 aliphatic heterocycles. The van der Waals surface area contributed by atoms with E-state index >= 15 is 0 Å². The highest BCUT2D eigenvalue weighted by atomic mass is 32.2. The zero-order valence-electron chi connectivity index (χ0n) is 14.9. The molecule has 2 aromatic heterocycles. The maximum absolute atomic E-state index is 12.2. The number of nitrogens with one attached hydrogen (secondary N) is 2. The first-order valence-corrected chi connectivity index (χ1v) is 10.2. The monoisotopic (exact) mass is 401 g/mol. The van der Waals surface area contributed by atoms with Crippen LogP contribution < -0.4 is 10.6 Å². The van der Waals surface area contributed by atoms with Crippen molar-refractivity contribution in [3.05, 3.63) is 41.8 Å². The molecule has 0 atom stereocenters. The Morgan fingerprint density at radius 3 is 2.41 bits per heavy atom. The van der Waals surface area contributed by atoms with E-state index in [0.717, 1.165) is 22.4 Å². The Kier molecular flexibility index (Phi) is 6.25. The lowest BCUT2D eigenvalue weighted by molar-refractivity contribution is -0.114. The molecule has 3 rings (SSSR count). The number of carbonyl (C=O) groups excluding carboxylic acids is 2. The molecule has 7 nitrogen and oxygen atoms in total. The van der Waals surface area contributed by atoms with Gasteiger partial charge in [0.05, 0.1) is 10.6 Å². The molecule has 2 amide bonds. The van der Waals surface area contributed by atoms with Crippen LogP contribution in [0.3, 0.4) is 0 Å². The fraction of sp³-hybridized carbons (Fsp3) is 0.222. The molecule has 0 unspecified atom stereocenters. The van der Waals surface area contributed by atoms with Crippen molar-refractivity contribution < 1.29 is 9.59 Å². The molecule has 9 heteroatoms. The Labute approximate surface area is 165 Å². The van der Waals surface area contributed by atoms with Crippen molar-refractivity contribution in [3.63, 3.8) is 0 Å². The quantitative estimate of drug-likeness (QED) is 0.589. The minimum Gasteiger partial charge on any atom is -0.326 e. The van der Waals surface area contributed by atoms with E-state index in [9.17, 15) is 9.59 Å². The number of aromatic nitrogens is 3. The summed E-state index contributed by atoms with van der Waals surface area (Å²) in [6.45, 7) is 4.21. The number of rotatable bonds is 7. The first kappa shape index (κ1) is 19.1. The van der Waals surface area contributed by atoms with Crippen LogP contribution in [0.15, 0.2) is 46.9 Å². The molecular formula is C18H19N5O2S2. The summed E-state index contributed by atoms with van der Waals surface area (Å²) < 4.78 is 2.01. The zero-order chi connectivity index (χ0) is 19.2. The van der Waals surface area contributed by atoms with E-state index in [1.807, 2.05) is 29.0 Å². The molecule has 140 valence electrons. The van der Waals surface area contributed by atoms with Crippen molar-refractivity contribution in [2.45, 2.75) is 25.5 Å². The number of carbonyl (C=O) groups is 2. The second kappa shape index (κ2) is 8.83. The zero-order valence-corrected chi connectivity index (χ0v) is 16.6. The Morgan fingerprint density at radius 1 is 1.11 bits per heavy atom. The van der Waals surface area contributed by atoms with Crippen LogP contribution in [0, 0.1) is 0 Å². The van der Waals surface area contributed by atoms with Gasteiger partial charge in [-0.1, -0.05) is 17.8 Å². The number of thioether (sulfide) groups is 1.